The Bertz CT molecular complexity index is 984. The number of pyridine rings is 1. The first kappa shape index (κ1) is 24.1. The second-order valence-corrected chi connectivity index (χ2v) is 7.93. The van der Waals surface area contributed by atoms with Gasteiger partial charge in [0.05, 0.1) is 5.56 Å². The summed E-state index contributed by atoms with van der Waals surface area (Å²) in [5.41, 5.74) is 4.68. The number of hydrogen-bond acceptors (Lipinski definition) is 5. The van der Waals surface area contributed by atoms with E-state index in [0.717, 1.165) is 16.0 Å². The molecule has 2 N–H and O–H groups in total. The maximum Gasteiger partial charge on any atom is 0.152 e. The van der Waals surface area contributed by atoms with Crippen molar-refractivity contribution in [2.24, 2.45) is 10.1 Å². The number of aromatic nitrogens is 1. The van der Waals surface area contributed by atoms with Crippen LogP contribution in [0.5, 0.6) is 0 Å². The molecule has 0 aliphatic heterocycles. The number of nitrogens with zero attached hydrogens (tertiary/aromatic N) is 3. The van der Waals surface area contributed by atoms with Gasteiger partial charge in [-0.2, -0.15) is 5.10 Å². The minimum absolute atomic E-state index is 0.262. The average molecular weight is 442 g/mol. The number of aliphatic imine (C=N–C) groups is 1. The zero-order valence-electron chi connectivity index (χ0n) is 18.0. The monoisotopic (exact) mass is 441 g/mol. The first-order valence-corrected chi connectivity index (χ1v) is 11.4. The van der Waals surface area contributed by atoms with Crippen molar-refractivity contribution >= 4 is 28.7 Å². The molecule has 0 aliphatic rings. The third-order valence-corrected chi connectivity index (χ3v) is 5.48. The number of benzene rings is 1. The number of hydrazone groups is 1. The molecule has 0 bridgehead atoms. The maximum atomic E-state index is 13.1. The van der Waals surface area contributed by atoms with Crippen molar-refractivity contribution in [2.75, 3.05) is 18.6 Å². The number of hydrogen-bond donors (Lipinski definition) is 2. The number of halogens is 1. The van der Waals surface area contributed by atoms with Crippen LogP contribution in [0.25, 0.3) is 0 Å². The minimum atomic E-state index is -0.939. The molecule has 0 fully saturated rings. The van der Waals surface area contributed by atoms with Gasteiger partial charge in [-0.3, -0.25) is 14.6 Å². The van der Waals surface area contributed by atoms with Gasteiger partial charge in [0.1, 0.15) is 11.6 Å². The Hall–Kier alpha value is -3.13. The SMILES string of the molecule is C/C=C(\C/C=C\C/C=N/NC(=NC)c1cccnc1NCc1ccc(F)cc1)S(C)=O. The standard InChI is InChI=1S/C23H28FN5OS/c1-4-20(31(3)30)9-6-5-7-16-28-29-22(25-2)21-10-8-15-26-23(21)27-17-18-11-13-19(24)14-12-18/h4-6,8,10-16H,7,9,17H2,1-3H3,(H,25,29)(H,26,27)/b6-5-,20-4+,28-16+. The van der Waals surface area contributed by atoms with E-state index in [4.69, 9.17) is 0 Å². The van der Waals surface area contributed by atoms with Gasteiger partial charge in [0, 0.05) is 54.4 Å². The lowest BCUT2D eigenvalue weighted by Gasteiger charge is -2.12. The smallest absolute Gasteiger partial charge is 0.152 e. The van der Waals surface area contributed by atoms with E-state index in [1.807, 2.05) is 37.3 Å². The van der Waals surface area contributed by atoms with E-state index < -0.39 is 10.8 Å². The van der Waals surface area contributed by atoms with Gasteiger partial charge in [0.2, 0.25) is 0 Å². The van der Waals surface area contributed by atoms with Gasteiger partial charge in [0.15, 0.2) is 5.84 Å². The fraction of sp³-hybridized carbons (Fsp3) is 0.261. The molecular formula is C23H28FN5OS. The van der Waals surface area contributed by atoms with Crippen molar-refractivity contribution in [2.45, 2.75) is 26.3 Å². The quantitative estimate of drug-likeness (QED) is 0.248. The van der Waals surface area contributed by atoms with Crippen LogP contribution in [-0.2, 0) is 17.3 Å². The minimum Gasteiger partial charge on any atom is -0.365 e. The van der Waals surface area contributed by atoms with Crippen LogP contribution in [0, 0.1) is 5.82 Å². The Morgan fingerprint density at radius 2 is 2.00 bits per heavy atom. The van der Waals surface area contributed by atoms with Crippen molar-refractivity contribution in [3.63, 3.8) is 0 Å². The van der Waals surface area contributed by atoms with Gasteiger partial charge in [-0.05, 0) is 43.2 Å². The fourth-order valence-corrected chi connectivity index (χ4v) is 3.34. The summed E-state index contributed by atoms with van der Waals surface area (Å²) < 4.78 is 24.6. The summed E-state index contributed by atoms with van der Waals surface area (Å²) in [5.74, 6) is 0.969. The molecule has 1 aromatic heterocycles. The van der Waals surface area contributed by atoms with Crippen LogP contribution >= 0.6 is 0 Å². The second kappa shape index (κ2) is 13.2. The van der Waals surface area contributed by atoms with Crippen molar-refractivity contribution in [1.82, 2.24) is 10.4 Å². The molecule has 1 atom stereocenters. The van der Waals surface area contributed by atoms with Crippen molar-refractivity contribution in [3.05, 3.63) is 82.7 Å². The van der Waals surface area contributed by atoms with Crippen LogP contribution in [0.1, 0.15) is 30.9 Å². The number of anilines is 1. The molecule has 2 rings (SSSR count). The molecular weight excluding hydrogens is 413 g/mol. The van der Waals surface area contributed by atoms with E-state index in [2.05, 4.69) is 25.8 Å². The normalized spacial score (nSPS) is 13.7. The summed E-state index contributed by atoms with van der Waals surface area (Å²) >= 11 is 0. The van der Waals surface area contributed by atoms with Crippen LogP contribution < -0.4 is 10.7 Å². The molecule has 0 radical (unpaired) electrons. The predicted octanol–water partition coefficient (Wildman–Crippen LogP) is 4.40. The number of allylic oxidation sites excluding steroid dienone is 4. The Kier molecular flexibility index (Phi) is 10.3. The summed E-state index contributed by atoms with van der Waals surface area (Å²) in [5, 5.41) is 7.49. The van der Waals surface area contributed by atoms with Crippen LogP contribution in [0.3, 0.4) is 0 Å². The molecule has 164 valence electrons. The molecule has 0 saturated heterocycles. The van der Waals surface area contributed by atoms with Gasteiger partial charge in [0.25, 0.3) is 0 Å². The van der Waals surface area contributed by atoms with Crippen molar-refractivity contribution in [3.8, 4) is 0 Å². The summed E-state index contributed by atoms with van der Waals surface area (Å²) in [4.78, 5) is 9.57. The van der Waals surface area contributed by atoms with Crippen LogP contribution in [0.2, 0.25) is 0 Å². The first-order valence-electron chi connectivity index (χ1n) is 9.86. The number of nitrogens with one attached hydrogen (secondary N) is 2. The summed E-state index contributed by atoms with van der Waals surface area (Å²) in [6.45, 7) is 2.40. The molecule has 1 aromatic carbocycles. The van der Waals surface area contributed by atoms with E-state index >= 15 is 0 Å². The van der Waals surface area contributed by atoms with Gasteiger partial charge in [-0.25, -0.2) is 9.37 Å². The molecule has 0 saturated carbocycles. The molecule has 1 unspecified atom stereocenters. The van der Waals surface area contributed by atoms with E-state index in [9.17, 15) is 8.60 Å². The first-order chi connectivity index (χ1) is 15.0. The van der Waals surface area contributed by atoms with E-state index in [0.29, 0.717) is 31.0 Å². The van der Waals surface area contributed by atoms with Gasteiger partial charge in [-0.1, -0.05) is 30.4 Å². The molecule has 6 nitrogen and oxygen atoms in total. The second-order valence-electron chi connectivity index (χ2n) is 6.50. The molecule has 2 aromatic rings. The van der Waals surface area contributed by atoms with E-state index in [1.54, 1.807) is 37.8 Å². The highest BCUT2D eigenvalue weighted by atomic mass is 32.2. The highest BCUT2D eigenvalue weighted by Gasteiger charge is 2.09. The maximum absolute atomic E-state index is 13.1. The molecule has 0 spiro atoms. The molecule has 0 aliphatic carbocycles. The Labute approximate surface area is 185 Å². The predicted molar refractivity (Wildman–Crippen MR) is 128 cm³/mol. The molecule has 0 amide bonds. The average Bonchev–Trinajstić information content (AvgIpc) is 2.78. The summed E-state index contributed by atoms with van der Waals surface area (Å²) in [6, 6.07) is 10.0. The fourth-order valence-electron chi connectivity index (χ4n) is 2.67. The third kappa shape index (κ3) is 8.25. The van der Waals surface area contributed by atoms with Crippen LogP contribution in [-0.4, -0.2) is 34.5 Å². The highest BCUT2D eigenvalue weighted by molar-refractivity contribution is 7.88. The number of amidine groups is 1. The van der Waals surface area contributed by atoms with Crippen molar-refractivity contribution in [1.29, 1.82) is 0 Å². The van der Waals surface area contributed by atoms with Gasteiger partial charge in [-0.15, -0.1) is 0 Å². The zero-order chi connectivity index (χ0) is 22.5. The lowest BCUT2D eigenvalue weighted by Crippen LogP contribution is -2.21. The summed E-state index contributed by atoms with van der Waals surface area (Å²) in [7, 11) is 0.740. The van der Waals surface area contributed by atoms with Crippen LogP contribution in [0.4, 0.5) is 10.2 Å². The topological polar surface area (TPSA) is 78.7 Å². The zero-order valence-corrected chi connectivity index (χ0v) is 18.8. The molecule has 31 heavy (non-hydrogen) atoms. The van der Waals surface area contributed by atoms with E-state index in [-0.39, 0.29) is 5.82 Å². The Balaban J connectivity index is 1.93. The molecule has 1 heterocycles. The largest absolute Gasteiger partial charge is 0.365 e. The number of rotatable bonds is 10. The van der Waals surface area contributed by atoms with Gasteiger partial charge < -0.3 is 5.32 Å². The third-order valence-electron chi connectivity index (χ3n) is 4.34. The van der Waals surface area contributed by atoms with Crippen LogP contribution in [0.15, 0.2) is 75.8 Å². The molecule has 8 heteroatoms. The Morgan fingerprint density at radius 1 is 1.23 bits per heavy atom. The Morgan fingerprint density at radius 3 is 2.68 bits per heavy atom. The summed E-state index contributed by atoms with van der Waals surface area (Å²) in [6.07, 6.45) is 12.3. The van der Waals surface area contributed by atoms with Crippen molar-refractivity contribution < 1.29 is 8.60 Å². The highest BCUT2D eigenvalue weighted by Crippen LogP contribution is 2.14. The lowest BCUT2D eigenvalue weighted by atomic mass is 10.2. The van der Waals surface area contributed by atoms with Gasteiger partial charge >= 0.3 is 0 Å². The van der Waals surface area contributed by atoms with E-state index in [1.165, 1.54) is 12.1 Å². The lowest BCUT2D eigenvalue weighted by molar-refractivity contribution is 0.627.